The zero-order valence-corrected chi connectivity index (χ0v) is 12.7. The minimum Gasteiger partial charge on any atom is -0.493 e. The number of benzene rings is 1. The third-order valence-corrected chi connectivity index (χ3v) is 4.08. The van der Waals surface area contributed by atoms with Gasteiger partial charge in [-0.15, -0.1) is 0 Å². The molecule has 112 valence electrons. The number of aromatic nitrogens is 2. The summed E-state index contributed by atoms with van der Waals surface area (Å²) in [4.78, 5) is 0. The summed E-state index contributed by atoms with van der Waals surface area (Å²) < 4.78 is 7.83. The van der Waals surface area contributed by atoms with Crippen LogP contribution in [0.15, 0.2) is 36.7 Å². The molecule has 0 bridgehead atoms. The van der Waals surface area contributed by atoms with Crippen LogP contribution in [0.25, 0.3) is 0 Å². The Morgan fingerprint density at radius 2 is 2.29 bits per heavy atom. The minimum absolute atomic E-state index is 0.298. The van der Waals surface area contributed by atoms with Gasteiger partial charge in [-0.05, 0) is 31.0 Å². The van der Waals surface area contributed by atoms with Crippen molar-refractivity contribution in [3.63, 3.8) is 0 Å². The van der Waals surface area contributed by atoms with Crippen LogP contribution in [0.5, 0.6) is 5.75 Å². The normalized spacial score (nSPS) is 18.9. The Bertz CT molecular complexity index is 593. The van der Waals surface area contributed by atoms with E-state index in [0.29, 0.717) is 12.0 Å². The van der Waals surface area contributed by atoms with E-state index in [1.165, 1.54) is 11.1 Å². The monoisotopic (exact) mass is 285 g/mol. The first-order valence-electron chi connectivity index (χ1n) is 7.70. The fourth-order valence-electron chi connectivity index (χ4n) is 3.02. The average Bonchev–Trinajstić information content (AvgIpc) is 2.94. The first-order valence-corrected chi connectivity index (χ1v) is 7.70. The van der Waals surface area contributed by atoms with E-state index in [2.05, 4.69) is 41.7 Å². The number of hydrogen-bond acceptors (Lipinski definition) is 3. The van der Waals surface area contributed by atoms with E-state index in [-0.39, 0.29) is 0 Å². The lowest BCUT2D eigenvalue weighted by Gasteiger charge is -2.32. The van der Waals surface area contributed by atoms with Crippen LogP contribution in [0.4, 0.5) is 0 Å². The molecule has 0 saturated heterocycles. The number of rotatable bonds is 5. The lowest BCUT2D eigenvalue weighted by atomic mass is 9.87. The lowest BCUT2D eigenvalue weighted by molar-refractivity contribution is 0.184. The molecule has 21 heavy (non-hydrogen) atoms. The van der Waals surface area contributed by atoms with E-state index >= 15 is 0 Å². The summed E-state index contributed by atoms with van der Waals surface area (Å²) in [6, 6.07) is 8.65. The Balaban J connectivity index is 1.81. The highest BCUT2D eigenvalue weighted by molar-refractivity contribution is 5.35. The van der Waals surface area contributed by atoms with Gasteiger partial charge in [-0.2, -0.15) is 5.10 Å². The summed E-state index contributed by atoms with van der Waals surface area (Å²) >= 11 is 0. The number of ether oxygens (including phenoxy) is 1. The number of nitrogens with zero attached hydrogens (tertiary/aromatic N) is 2. The van der Waals surface area contributed by atoms with Crippen molar-refractivity contribution in [2.75, 3.05) is 13.2 Å². The number of para-hydroxylation sites is 1. The van der Waals surface area contributed by atoms with Crippen LogP contribution in [-0.4, -0.2) is 22.9 Å². The van der Waals surface area contributed by atoms with Crippen LogP contribution in [-0.2, 0) is 13.5 Å². The summed E-state index contributed by atoms with van der Waals surface area (Å²) in [7, 11) is 1.97. The van der Waals surface area contributed by atoms with Crippen LogP contribution < -0.4 is 10.1 Å². The molecule has 0 radical (unpaired) electrons. The van der Waals surface area contributed by atoms with Crippen molar-refractivity contribution >= 4 is 0 Å². The second-order valence-electron chi connectivity index (χ2n) is 5.76. The van der Waals surface area contributed by atoms with Crippen molar-refractivity contribution < 1.29 is 4.74 Å². The molecule has 1 N–H and O–H groups in total. The SMILES string of the molecule is CCCNC(c1cnn(C)c1)C1COc2ccccc2C1. The Labute approximate surface area is 126 Å². The summed E-state index contributed by atoms with van der Waals surface area (Å²) in [6.07, 6.45) is 6.25. The zero-order chi connectivity index (χ0) is 14.7. The van der Waals surface area contributed by atoms with Gasteiger partial charge in [0.2, 0.25) is 0 Å². The topological polar surface area (TPSA) is 39.1 Å². The number of aryl methyl sites for hydroxylation is 1. The van der Waals surface area contributed by atoms with Crippen molar-refractivity contribution in [3.05, 3.63) is 47.8 Å². The molecule has 1 aliphatic heterocycles. The molecule has 0 spiro atoms. The number of hydrogen-bond donors (Lipinski definition) is 1. The molecule has 2 heterocycles. The largest absolute Gasteiger partial charge is 0.493 e. The van der Waals surface area contributed by atoms with E-state index in [1.54, 1.807) is 0 Å². The third kappa shape index (κ3) is 3.10. The molecule has 2 atom stereocenters. The molecular weight excluding hydrogens is 262 g/mol. The first kappa shape index (κ1) is 14.1. The van der Waals surface area contributed by atoms with E-state index in [1.807, 2.05) is 24.0 Å². The molecule has 0 fully saturated rings. The van der Waals surface area contributed by atoms with Gasteiger partial charge in [0.05, 0.1) is 12.8 Å². The van der Waals surface area contributed by atoms with E-state index in [0.717, 1.165) is 31.7 Å². The van der Waals surface area contributed by atoms with Gasteiger partial charge < -0.3 is 10.1 Å². The number of fused-ring (bicyclic) bond motifs is 1. The Morgan fingerprint density at radius 3 is 3.05 bits per heavy atom. The first-order chi connectivity index (χ1) is 10.3. The van der Waals surface area contributed by atoms with Gasteiger partial charge in [0.25, 0.3) is 0 Å². The zero-order valence-electron chi connectivity index (χ0n) is 12.7. The van der Waals surface area contributed by atoms with Crippen molar-refractivity contribution in [2.45, 2.75) is 25.8 Å². The maximum absolute atomic E-state index is 5.96. The summed E-state index contributed by atoms with van der Waals surface area (Å²) in [5, 5.41) is 7.99. The third-order valence-electron chi connectivity index (χ3n) is 4.08. The van der Waals surface area contributed by atoms with E-state index < -0.39 is 0 Å². The Kier molecular flexibility index (Phi) is 4.25. The molecule has 0 amide bonds. The predicted molar refractivity (Wildman–Crippen MR) is 83.4 cm³/mol. The fourth-order valence-corrected chi connectivity index (χ4v) is 3.02. The molecule has 4 heteroatoms. The highest BCUT2D eigenvalue weighted by atomic mass is 16.5. The highest BCUT2D eigenvalue weighted by Gasteiger charge is 2.28. The standard InChI is InChI=1S/C17H23N3O/c1-3-8-18-17(15-10-19-20(2)11-15)14-9-13-6-4-5-7-16(13)21-12-14/h4-7,10-11,14,17-18H,3,8-9,12H2,1-2H3. The van der Waals surface area contributed by atoms with Gasteiger partial charge in [0.15, 0.2) is 0 Å². The van der Waals surface area contributed by atoms with Gasteiger partial charge in [-0.3, -0.25) is 4.68 Å². The molecule has 0 saturated carbocycles. The van der Waals surface area contributed by atoms with Gasteiger partial charge in [0.1, 0.15) is 5.75 Å². The van der Waals surface area contributed by atoms with Gasteiger partial charge in [-0.1, -0.05) is 25.1 Å². The molecule has 2 unspecified atom stereocenters. The molecule has 1 aromatic carbocycles. The molecule has 0 aliphatic carbocycles. The smallest absolute Gasteiger partial charge is 0.122 e. The highest BCUT2D eigenvalue weighted by Crippen LogP contribution is 2.33. The van der Waals surface area contributed by atoms with Gasteiger partial charge in [-0.25, -0.2) is 0 Å². The maximum Gasteiger partial charge on any atom is 0.122 e. The fraction of sp³-hybridized carbons (Fsp3) is 0.471. The number of nitrogens with one attached hydrogen (secondary N) is 1. The van der Waals surface area contributed by atoms with Crippen molar-refractivity contribution in [3.8, 4) is 5.75 Å². The van der Waals surface area contributed by atoms with Crippen molar-refractivity contribution in [2.24, 2.45) is 13.0 Å². The molecule has 4 nitrogen and oxygen atoms in total. The maximum atomic E-state index is 5.96. The second kappa shape index (κ2) is 6.31. The summed E-state index contributed by atoms with van der Waals surface area (Å²) in [5.41, 5.74) is 2.56. The molecule has 3 rings (SSSR count). The van der Waals surface area contributed by atoms with Crippen LogP contribution in [0, 0.1) is 5.92 Å². The molecule has 2 aromatic rings. The lowest BCUT2D eigenvalue weighted by Crippen LogP contribution is -2.35. The van der Waals surface area contributed by atoms with Crippen molar-refractivity contribution in [1.29, 1.82) is 0 Å². The molecular formula is C17H23N3O. The molecule has 1 aromatic heterocycles. The predicted octanol–water partition coefficient (Wildman–Crippen LogP) is 2.71. The van der Waals surface area contributed by atoms with Crippen LogP contribution in [0.3, 0.4) is 0 Å². The van der Waals surface area contributed by atoms with Gasteiger partial charge in [0, 0.05) is 30.8 Å². The minimum atomic E-state index is 0.298. The Hall–Kier alpha value is -1.81. The Morgan fingerprint density at radius 1 is 1.43 bits per heavy atom. The second-order valence-corrected chi connectivity index (χ2v) is 5.76. The van der Waals surface area contributed by atoms with E-state index in [4.69, 9.17) is 4.74 Å². The van der Waals surface area contributed by atoms with Gasteiger partial charge >= 0.3 is 0 Å². The van der Waals surface area contributed by atoms with Crippen molar-refractivity contribution in [1.82, 2.24) is 15.1 Å². The summed E-state index contributed by atoms with van der Waals surface area (Å²) in [6.45, 7) is 3.96. The van der Waals surface area contributed by atoms with Crippen LogP contribution >= 0.6 is 0 Å². The summed E-state index contributed by atoms with van der Waals surface area (Å²) in [5.74, 6) is 1.48. The van der Waals surface area contributed by atoms with E-state index in [9.17, 15) is 0 Å². The average molecular weight is 285 g/mol. The molecule has 1 aliphatic rings. The van der Waals surface area contributed by atoms with Crippen LogP contribution in [0.1, 0.15) is 30.5 Å². The quantitative estimate of drug-likeness (QED) is 0.918. The van der Waals surface area contributed by atoms with Crippen LogP contribution in [0.2, 0.25) is 0 Å².